The van der Waals surface area contributed by atoms with Crippen LogP contribution in [0.25, 0.3) is 0 Å². The smallest absolute Gasteiger partial charge is 0.0958 e. The van der Waals surface area contributed by atoms with E-state index in [4.69, 9.17) is 0 Å². The summed E-state index contributed by atoms with van der Waals surface area (Å²) in [5, 5.41) is 3.29. The lowest BCUT2D eigenvalue weighted by molar-refractivity contribution is 0.339. The van der Waals surface area contributed by atoms with Crippen LogP contribution >= 0.6 is 11.3 Å². The second-order valence-corrected chi connectivity index (χ2v) is 4.88. The lowest BCUT2D eigenvalue weighted by Crippen LogP contribution is -2.14. The van der Waals surface area contributed by atoms with Crippen LogP contribution in [0.3, 0.4) is 0 Å². The second kappa shape index (κ2) is 4.04. The number of aromatic nitrogens is 1. The highest BCUT2D eigenvalue weighted by Gasteiger charge is 2.23. The van der Waals surface area contributed by atoms with Crippen LogP contribution in [0.1, 0.15) is 46.0 Å². The van der Waals surface area contributed by atoms with E-state index in [1.807, 2.05) is 11.6 Å². The van der Waals surface area contributed by atoms with Gasteiger partial charge in [-0.3, -0.25) is 0 Å². The summed E-state index contributed by atoms with van der Waals surface area (Å²) < 4.78 is 0. The molecule has 12 heavy (non-hydrogen) atoms. The zero-order chi connectivity index (χ0) is 8.48. The molecular weight excluding hydrogens is 166 g/mol. The molecular formula is C10H19NS. The molecule has 1 aromatic rings. The Hall–Kier alpha value is -0.370. The van der Waals surface area contributed by atoms with Crippen molar-refractivity contribution in [2.24, 2.45) is 5.41 Å². The lowest BCUT2D eigenvalue weighted by atomic mass is 9.83. The fourth-order valence-electron chi connectivity index (χ4n) is 0.819. The van der Waals surface area contributed by atoms with E-state index >= 15 is 0 Å². The van der Waals surface area contributed by atoms with Crippen molar-refractivity contribution in [3.63, 3.8) is 0 Å². The van der Waals surface area contributed by atoms with Crippen molar-refractivity contribution >= 4 is 11.3 Å². The molecule has 0 aliphatic heterocycles. The van der Waals surface area contributed by atoms with Gasteiger partial charge in [-0.1, -0.05) is 35.1 Å². The predicted molar refractivity (Wildman–Crippen MR) is 56.7 cm³/mol. The van der Waals surface area contributed by atoms with E-state index in [1.54, 1.807) is 11.3 Å². The minimum Gasteiger partial charge on any atom is -0.249 e. The van der Waals surface area contributed by atoms with Gasteiger partial charge < -0.3 is 0 Å². The molecule has 0 saturated heterocycles. The van der Waals surface area contributed by atoms with E-state index in [0.717, 1.165) is 0 Å². The van der Waals surface area contributed by atoms with Crippen LogP contribution in [0.2, 0.25) is 0 Å². The Kier molecular flexibility index (Phi) is 3.91. The van der Waals surface area contributed by atoms with Crippen LogP contribution in [0.15, 0.2) is 11.6 Å². The maximum atomic E-state index is 4.30. The summed E-state index contributed by atoms with van der Waals surface area (Å²) >= 11 is 1.75. The average molecular weight is 185 g/mol. The molecule has 70 valence electrons. The first-order valence-electron chi connectivity index (χ1n) is 3.91. The third-order valence-electron chi connectivity index (χ3n) is 2.12. The van der Waals surface area contributed by atoms with Gasteiger partial charge in [-0.05, 0) is 5.41 Å². The summed E-state index contributed by atoms with van der Waals surface area (Å²) in [6, 6.07) is 0. The minimum atomic E-state index is 0. The van der Waals surface area contributed by atoms with E-state index in [-0.39, 0.29) is 7.43 Å². The summed E-state index contributed by atoms with van der Waals surface area (Å²) in [7, 11) is 0. The first-order chi connectivity index (χ1) is 5.02. The number of nitrogens with zero attached hydrogens (tertiary/aromatic N) is 1. The van der Waals surface area contributed by atoms with Gasteiger partial charge in [-0.15, -0.1) is 11.3 Å². The molecule has 1 heterocycles. The normalized spacial score (nSPS) is 13.7. The molecule has 0 aromatic carbocycles. The van der Waals surface area contributed by atoms with Gasteiger partial charge in [0.05, 0.1) is 5.01 Å². The summed E-state index contributed by atoms with van der Waals surface area (Å²) in [4.78, 5) is 4.30. The van der Waals surface area contributed by atoms with Crippen molar-refractivity contribution in [3.8, 4) is 0 Å². The zero-order valence-electron chi connectivity index (χ0n) is 7.59. The molecule has 0 amide bonds. The number of rotatable bonds is 1. The van der Waals surface area contributed by atoms with Crippen molar-refractivity contribution in [3.05, 3.63) is 16.6 Å². The third-order valence-corrected chi connectivity index (χ3v) is 3.08. The molecule has 2 heteroatoms. The van der Waals surface area contributed by atoms with Crippen LogP contribution in [-0.2, 0) is 0 Å². The minimum absolute atomic E-state index is 0. The van der Waals surface area contributed by atoms with E-state index in [0.29, 0.717) is 11.3 Å². The molecule has 0 aliphatic carbocycles. The van der Waals surface area contributed by atoms with Crippen LogP contribution in [0.5, 0.6) is 0 Å². The molecule has 1 aromatic heterocycles. The molecule has 1 rings (SSSR count). The van der Waals surface area contributed by atoms with Gasteiger partial charge in [0.25, 0.3) is 0 Å². The molecule has 0 saturated carbocycles. The monoisotopic (exact) mass is 185 g/mol. The topological polar surface area (TPSA) is 12.9 Å². The van der Waals surface area contributed by atoms with Gasteiger partial charge >= 0.3 is 0 Å². The maximum absolute atomic E-state index is 4.30. The van der Waals surface area contributed by atoms with Gasteiger partial charge in [0.1, 0.15) is 0 Å². The van der Waals surface area contributed by atoms with Gasteiger partial charge in [0, 0.05) is 17.5 Å². The molecule has 1 atom stereocenters. The highest BCUT2D eigenvalue weighted by atomic mass is 32.1. The Balaban J connectivity index is 0.00000121. The van der Waals surface area contributed by atoms with Crippen molar-refractivity contribution in [1.82, 2.24) is 4.98 Å². The number of hydrogen-bond acceptors (Lipinski definition) is 2. The quantitative estimate of drug-likeness (QED) is 0.646. The Labute approximate surface area is 79.9 Å². The van der Waals surface area contributed by atoms with Crippen molar-refractivity contribution in [2.45, 2.75) is 41.0 Å². The fraction of sp³-hybridized carbons (Fsp3) is 0.700. The Morgan fingerprint density at radius 1 is 1.42 bits per heavy atom. The highest BCUT2D eigenvalue weighted by Crippen LogP contribution is 2.34. The van der Waals surface area contributed by atoms with Crippen molar-refractivity contribution < 1.29 is 0 Å². The van der Waals surface area contributed by atoms with Gasteiger partial charge in [-0.25, -0.2) is 4.98 Å². The maximum Gasteiger partial charge on any atom is 0.0958 e. The van der Waals surface area contributed by atoms with Crippen LogP contribution < -0.4 is 0 Å². The lowest BCUT2D eigenvalue weighted by Gasteiger charge is -2.24. The molecule has 1 unspecified atom stereocenters. The van der Waals surface area contributed by atoms with Gasteiger partial charge in [-0.2, -0.15) is 0 Å². The van der Waals surface area contributed by atoms with Crippen molar-refractivity contribution in [2.75, 3.05) is 0 Å². The van der Waals surface area contributed by atoms with E-state index in [2.05, 4.69) is 32.7 Å². The summed E-state index contributed by atoms with van der Waals surface area (Å²) in [6.07, 6.45) is 1.88. The third kappa shape index (κ3) is 2.59. The molecule has 0 fully saturated rings. The van der Waals surface area contributed by atoms with Gasteiger partial charge in [0.15, 0.2) is 0 Å². The molecule has 1 nitrogen and oxygen atoms in total. The van der Waals surface area contributed by atoms with Crippen molar-refractivity contribution in [1.29, 1.82) is 0 Å². The van der Waals surface area contributed by atoms with Gasteiger partial charge in [0.2, 0.25) is 0 Å². The largest absolute Gasteiger partial charge is 0.249 e. The average Bonchev–Trinajstić information content (AvgIpc) is 2.34. The van der Waals surface area contributed by atoms with E-state index in [1.165, 1.54) is 5.01 Å². The second-order valence-electron chi connectivity index (χ2n) is 3.96. The Morgan fingerprint density at radius 3 is 2.33 bits per heavy atom. The first-order valence-corrected chi connectivity index (χ1v) is 4.79. The molecule has 0 N–H and O–H groups in total. The molecule has 0 radical (unpaired) electrons. The molecule has 0 aliphatic rings. The Bertz CT molecular complexity index is 208. The highest BCUT2D eigenvalue weighted by molar-refractivity contribution is 7.09. The first kappa shape index (κ1) is 11.6. The SMILES string of the molecule is C.CC(c1nccs1)C(C)(C)C. The Morgan fingerprint density at radius 2 is 2.00 bits per heavy atom. The summed E-state index contributed by atoms with van der Waals surface area (Å²) in [5.41, 5.74) is 0.331. The summed E-state index contributed by atoms with van der Waals surface area (Å²) in [6.45, 7) is 8.98. The van der Waals surface area contributed by atoms with Crippen LogP contribution in [0, 0.1) is 5.41 Å². The van der Waals surface area contributed by atoms with E-state index < -0.39 is 0 Å². The van der Waals surface area contributed by atoms with Crippen LogP contribution in [-0.4, -0.2) is 4.98 Å². The standard InChI is InChI=1S/C9H15NS.CH4/c1-7(9(2,3)4)8-10-5-6-11-8;/h5-7H,1-4H3;1H4. The van der Waals surface area contributed by atoms with E-state index in [9.17, 15) is 0 Å². The predicted octanol–water partition coefficient (Wildman–Crippen LogP) is 3.93. The zero-order valence-corrected chi connectivity index (χ0v) is 8.40. The molecule has 0 bridgehead atoms. The van der Waals surface area contributed by atoms with Crippen LogP contribution in [0.4, 0.5) is 0 Å². The number of hydrogen-bond donors (Lipinski definition) is 0. The summed E-state index contributed by atoms with van der Waals surface area (Å²) in [5.74, 6) is 0.558. The fourth-order valence-corrected chi connectivity index (χ4v) is 1.76. The molecule has 0 spiro atoms. The number of thiazole rings is 1.